The lowest BCUT2D eigenvalue weighted by Gasteiger charge is -2.33. The third-order valence-corrected chi connectivity index (χ3v) is 5.65. The smallest absolute Gasteiger partial charge is 0.310 e. The first-order valence-electron chi connectivity index (χ1n) is 11.2. The van der Waals surface area contributed by atoms with Crippen LogP contribution in [0.4, 0.5) is 5.82 Å². The number of pyridine rings is 1. The molecule has 2 aromatic heterocycles. The number of nitrogens with one attached hydrogen (secondary N) is 1. The van der Waals surface area contributed by atoms with E-state index in [2.05, 4.69) is 5.32 Å². The maximum atomic E-state index is 13.5. The first-order valence-corrected chi connectivity index (χ1v) is 11.2. The van der Waals surface area contributed by atoms with Gasteiger partial charge in [0.2, 0.25) is 0 Å². The molecule has 10 heteroatoms. The number of piperidine rings is 1. The molecule has 0 saturated carbocycles. The first-order chi connectivity index (χ1) is 16.4. The molecule has 10 nitrogen and oxygen atoms in total. The van der Waals surface area contributed by atoms with E-state index in [1.165, 1.54) is 17.6 Å². The fourth-order valence-corrected chi connectivity index (χ4v) is 3.94. The van der Waals surface area contributed by atoms with Gasteiger partial charge in [-0.05, 0) is 44.4 Å². The molecule has 1 aliphatic heterocycles. The Morgan fingerprint density at radius 3 is 2.91 bits per heavy atom. The minimum atomic E-state index is -0.609. The van der Waals surface area contributed by atoms with Crippen molar-refractivity contribution in [1.29, 1.82) is 5.26 Å². The molecule has 34 heavy (non-hydrogen) atoms. The normalized spacial score (nSPS) is 16.2. The number of fused-ring (bicyclic) bond motifs is 1. The van der Waals surface area contributed by atoms with Crippen LogP contribution in [0.25, 0.3) is 11.7 Å². The monoisotopic (exact) mass is 467 g/mol. The second-order valence-corrected chi connectivity index (χ2v) is 7.99. The number of ether oxygens (including phenoxy) is 2. The van der Waals surface area contributed by atoms with Crippen molar-refractivity contribution in [2.24, 2.45) is 5.92 Å². The number of aromatic nitrogens is 2. The number of nitriles is 1. The topological polar surface area (TPSA) is 126 Å². The summed E-state index contributed by atoms with van der Waals surface area (Å²) in [6.45, 7) is 5.33. The van der Waals surface area contributed by atoms with Crippen molar-refractivity contribution in [1.82, 2.24) is 14.7 Å². The molecule has 1 saturated heterocycles. The maximum absolute atomic E-state index is 13.5. The summed E-state index contributed by atoms with van der Waals surface area (Å²) in [6, 6.07) is 5.46. The summed E-state index contributed by atoms with van der Waals surface area (Å²) in [6.07, 6.45) is 4.26. The van der Waals surface area contributed by atoms with E-state index in [4.69, 9.17) is 14.5 Å². The van der Waals surface area contributed by atoms with Crippen LogP contribution in [0, 0.1) is 24.2 Å². The Kier molecular flexibility index (Phi) is 8.38. The van der Waals surface area contributed by atoms with Gasteiger partial charge in [0.25, 0.3) is 11.5 Å². The second-order valence-electron chi connectivity index (χ2n) is 7.99. The number of carbonyl (C=O) groups is 2. The third-order valence-electron chi connectivity index (χ3n) is 5.65. The summed E-state index contributed by atoms with van der Waals surface area (Å²) in [4.78, 5) is 45.0. The molecular weight excluding hydrogens is 438 g/mol. The van der Waals surface area contributed by atoms with Crippen LogP contribution in [0.15, 0.2) is 28.7 Å². The Bertz CT molecular complexity index is 1200. The summed E-state index contributed by atoms with van der Waals surface area (Å²) < 4.78 is 11.5. The Balaban J connectivity index is 2.11. The number of rotatable bonds is 8. The highest BCUT2D eigenvalue weighted by atomic mass is 16.5. The molecule has 0 radical (unpaired) electrons. The van der Waals surface area contributed by atoms with E-state index in [1.807, 2.05) is 24.0 Å². The van der Waals surface area contributed by atoms with Gasteiger partial charge in [-0.3, -0.25) is 18.8 Å². The minimum Gasteiger partial charge on any atom is -0.466 e. The van der Waals surface area contributed by atoms with E-state index in [1.54, 1.807) is 19.2 Å². The van der Waals surface area contributed by atoms with E-state index < -0.39 is 11.5 Å². The molecule has 0 bridgehead atoms. The van der Waals surface area contributed by atoms with Crippen LogP contribution in [-0.2, 0) is 19.1 Å². The van der Waals surface area contributed by atoms with Gasteiger partial charge in [-0.15, -0.1) is 0 Å². The highest BCUT2D eigenvalue weighted by Crippen LogP contribution is 2.26. The number of anilines is 1. The lowest BCUT2D eigenvalue weighted by atomic mass is 9.97. The molecule has 0 aromatic carbocycles. The largest absolute Gasteiger partial charge is 0.466 e. The van der Waals surface area contributed by atoms with Gasteiger partial charge in [0.15, 0.2) is 0 Å². The van der Waals surface area contributed by atoms with Crippen molar-refractivity contribution in [3.8, 4) is 6.07 Å². The Morgan fingerprint density at radius 1 is 1.41 bits per heavy atom. The van der Waals surface area contributed by atoms with Gasteiger partial charge in [0.1, 0.15) is 23.1 Å². The van der Waals surface area contributed by atoms with Gasteiger partial charge < -0.3 is 19.7 Å². The SMILES string of the molecule is CCOC(=O)C1CCCN(c2nc3c(C)cccn3c(=O)c2C=C(C#N)C(=O)NCCOC)C1. The second kappa shape index (κ2) is 11.4. The summed E-state index contributed by atoms with van der Waals surface area (Å²) in [5.74, 6) is -0.906. The molecule has 1 aliphatic rings. The number of hydrogen-bond acceptors (Lipinski definition) is 8. The number of esters is 1. The van der Waals surface area contributed by atoms with Gasteiger partial charge in [0.05, 0.1) is 24.7 Å². The van der Waals surface area contributed by atoms with E-state index in [0.29, 0.717) is 44.0 Å². The Labute approximate surface area is 197 Å². The number of aryl methyl sites for hydroxylation is 1. The van der Waals surface area contributed by atoms with Gasteiger partial charge >= 0.3 is 5.97 Å². The van der Waals surface area contributed by atoms with Crippen LogP contribution >= 0.6 is 0 Å². The quantitative estimate of drug-likeness (QED) is 0.268. The van der Waals surface area contributed by atoms with Gasteiger partial charge in [-0.25, -0.2) is 4.98 Å². The molecule has 3 rings (SSSR count). The number of hydrogen-bond donors (Lipinski definition) is 1. The zero-order valence-electron chi connectivity index (χ0n) is 19.7. The number of methoxy groups -OCH3 is 1. The van der Waals surface area contributed by atoms with Crippen LogP contribution in [0.2, 0.25) is 0 Å². The van der Waals surface area contributed by atoms with Crippen molar-refractivity contribution in [3.63, 3.8) is 0 Å². The molecule has 1 fully saturated rings. The highest BCUT2D eigenvalue weighted by molar-refractivity contribution is 6.02. The standard InChI is InChI=1S/C24H29N5O5/c1-4-34-24(32)17-8-6-10-28(15-17)21-19(13-18(14-25)22(30)26-9-12-33-3)23(31)29-11-5-7-16(2)20(29)27-21/h5,7,11,13,17H,4,6,8-10,12,15H2,1-3H3,(H,26,30). The van der Waals surface area contributed by atoms with Crippen molar-refractivity contribution >= 4 is 29.4 Å². The summed E-state index contributed by atoms with van der Waals surface area (Å²) in [5, 5.41) is 12.2. The highest BCUT2D eigenvalue weighted by Gasteiger charge is 2.30. The van der Waals surface area contributed by atoms with Crippen LogP contribution in [0.5, 0.6) is 0 Å². The predicted molar refractivity (Wildman–Crippen MR) is 126 cm³/mol. The molecular formula is C24H29N5O5. The molecule has 2 aromatic rings. The zero-order chi connectivity index (χ0) is 24.7. The predicted octanol–water partition coefficient (Wildman–Crippen LogP) is 1.45. The minimum absolute atomic E-state index is 0.117. The van der Waals surface area contributed by atoms with Crippen LogP contribution in [-0.4, -0.2) is 61.2 Å². The van der Waals surface area contributed by atoms with E-state index in [0.717, 1.165) is 5.56 Å². The van der Waals surface area contributed by atoms with E-state index in [9.17, 15) is 19.6 Å². The van der Waals surface area contributed by atoms with E-state index in [-0.39, 0.29) is 36.2 Å². The molecule has 180 valence electrons. The number of amides is 1. The van der Waals surface area contributed by atoms with Gasteiger partial charge in [-0.1, -0.05) is 6.07 Å². The first kappa shape index (κ1) is 24.9. The lowest BCUT2D eigenvalue weighted by Crippen LogP contribution is -2.41. The average Bonchev–Trinajstić information content (AvgIpc) is 2.84. The fraction of sp³-hybridized carbons (Fsp3) is 0.458. The summed E-state index contributed by atoms with van der Waals surface area (Å²) >= 11 is 0. The third kappa shape index (κ3) is 5.43. The Morgan fingerprint density at radius 2 is 2.21 bits per heavy atom. The molecule has 0 aliphatic carbocycles. The number of carbonyl (C=O) groups excluding carboxylic acids is 2. The van der Waals surface area contributed by atoms with Crippen molar-refractivity contribution < 1.29 is 19.1 Å². The van der Waals surface area contributed by atoms with Crippen LogP contribution in [0.3, 0.4) is 0 Å². The number of nitrogens with zero attached hydrogens (tertiary/aromatic N) is 4. The molecule has 1 unspecified atom stereocenters. The molecule has 0 spiro atoms. The van der Waals surface area contributed by atoms with Gasteiger partial charge in [0, 0.05) is 32.9 Å². The zero-order valence-corrected chi connectivity index (χ0v) is 19.7. The fourth-order valence-electron chi connectivity index (χ4n) is 3.94. The molecule has 1 N–H and O–H groups in total. The van der Waals surface area contributed by atoms with Crippen molar-refractivity contribution in [3.05, 3.63) is 45.4 Å². The summed E-state index contributed by atoms with van der Waals surface area (Å²) in [5.41, 5.74) is 0.766. The molecule has 1 amide bonds. The Hall–Kier alpha value is -3.71. The average molecular weight is 468 g/mol. The van der Waals surface area contributed by atoms with Crippen LogP contribution in [0.1, 0.15) is 30.9 Å². The lowest BCUT2D eigenvalue weighted by molar-refractivity contribution is -0.148. The van der Waals surface area contributed by atoms with E-state index >= 15 is 0 Å². The maximum Gasteiger partial charge on any atom is 0.310 e. The van der Waals surface area contributed by atoms with Crippen LogP contribution < -0.4 is 15.8 Å². The van der Waals surface area contributed by atoms with Crippen molar-refractivity contribution in [2.75, 3.05) is 44.9 Å². The summed E-state index contributed by atoms with van der Waals surface area (Å²) in [7, 11) is 1.51. The molecule has 3 heterocycles. The molecule has 1 atom stereocenters. The van der Waals surface area contributed by atoms with Crippen molar-refractivity contribution in [2.45, 2.75) is 26.7 Å². The van der Waals surface area contributed by atoms with Gasteiger partial charge in [-0.2, -0.15) is 5.26 Å².